The van der Waals surface area contributed by atoms with Crippen LogP contribution in [-0.4, -0.2) is 0 Å². The number of hydrogen-bond acceptors (Lipinski definition) is 0. The highest BCUT2D eigenvalue weighted by Crippen LogP contribution is 2.45. The molecule has 2 atom stereocenters. The molecule has 0 radical (unpaired) electrons. The topological polar surface area (TPSA) is 0 Å². The normalized spacial score (nSPS) is 38.2. The van der Waals surface area contributed by atoms with E-state index in [1.54, 1.807) is 0 Å². The van der Waals surface area contributed by atoms with Crippen molar-refractivity contribution < 1.29 is 0 Å². The standard InChI is InChI=1S/C26H38/c1-19-3-7-21(8-4-19)23-11-15-25(16-12-23)26-17-13-24(14-18-26)22-9-5-20(2)6-10-22/h3-4,7-8,11,15,20,22-26H,5-6,9-10,12-14,16-18H2,1-2H3. The van der Waals surface area contributed by atoms with Gasteiger partial charge in [-0.1, -0.05) is 61.7 Å². The van der Waals surface area contributed by atoms with Crippen LogP contribution >= 0.6 is 0 Å². The van der Waals surface area contributed by atoms with Crippen molar-refractivity contribution in [2.75, 3.05) is 0 Å². The van der Waals surface area contributed by atoms with E-state index in [-0.39, 0.29) is 0 Å². The second-order valence-corrected chi connectivity index (χ2v) is 9.84. The molecule has 4 rings (SSSR count). The van der Waals surface area contributed by atoms with Gasteiger partial charge in [0, 0.05) is 5.92 Å². The Kier molecular flexibility index (Phi) is 5.87. The molecule has 0 N–H and O–H groups in total. The number of aryl methyl sites for hydroxylation is 1. The van der Waals surface area contributed by atoms with Gasteiger partial charge >= 0.3 is 0 Å². The first-order valence-corrected chi connectivity index (χ1v) is 11.4. The Morgan fingerprint density at radius 1 is 0.615 bits per heavy atom. The monoisotopic (exact) mass is 350 g/mol. The molecule has 3 aliphatic carbocycles. The summed E-state index contributed by atoms with van der Waals surface area (Å²) in [6.45, 7) is 4.63. The van der Waals surface area contributed by atoms with Crippen molar-refractivity contribution in [3.05, 3.63) is 47.5 Å². The zero-order valence-corrected chi connectivity index (χ0v) is 17.0. The fourth-order valence-corrected chi connectivity index (χ4v) is 6.13. The van der Waals surface area contributed by atoms with Gasteiger partial charge in [-0.15, -0.1) is 0 Å². The average Bonchev–Trinajstić information content (AvgIpc) is 2.70. The lowest BCUT2D eigenvalue weighted by atomic mass is 9.66. The molecule has 0 spiro atoms. The van der Waals surface area contributed by atoms with E-state index < -0.39 is 0 Å². The van der Waals surface area contributed by atoms with Gasteiger partial charge in [0.25, 0.3) is 0 Å². The molecule has 0 amide bonds. The lowest BCUT2D eigenvalue weighted by Gasteiger charge is -2.39. The summed E-state index contributed by atoms with van der Waals surface area (Å²) >= 11 is 0. The van der Waals surface area contributed by atoms with Crippen molar-refractivity contribution in [1.82, 2.24) is 0 Å². The van der Waals surface area contributed by atoms with E-state index in [2.05, 4.69) is 50.3 Å². The van der Waals surface area contributed by atoms with E-state index in [9.17, 15) is 0 Å². The molecule has 2 saturated carbocycles. The van der Waals surface area contributed by atoms with E-state index >= 15 is 0 Å². The summed E-state index contributed by atoms with van der Waals surface area (Å²) in [6.07, 6.45) is 20.0. The summed E-state index contributed by atoms with van der Waals surface area (Å²) in [5.41, 5.74) is 2.89. The van der Waals surface area contributed by atoms with Crippen LogP contribution in [0.25, 0.3) is 0 Å². The highest BCUT2D eigenvalue weighted by molar-refractivity contribution is 5.28. The molecule has 142 valence electrons. The average molecular weight is 351 g/mol. The summed E-state index contributed by atoms with van der Waals surface area (Å²) in [6, 6.07) is 9.20. The van der Waals surface area contributed by atoms with Crippen molar-refractivity contribution in [1.29, 1.82) is 0 Å². The molecule has 0 bridgehead atoms. The largest absolute Gasteiger partial charge is 0.0845 e. The summed E-state index contributed by atoms with van der Waals surface area (Å²) < 4.78 is 0. The van der Waals surface area contributed by atoms with Crippen LogP contribution in [0.4, 0.5) is 0 Å². The predicted molar refractivity (Wildman–Crippen MR) is 112 cm³/mol. The molecular weight excluding hydrogens is 312 g/mol. The number of rotatable bonds is 3. The van der Waals surface area contributed by atoms with Gasteiger partial charge < -0.3 is 0 Å². The molecule has 26 heavy (non-hydrogen) atoms. The maximum Gasteiger partial charge on any atom is 0.00182 e. The summed E-state index contributed by atoms with van der Waals surface area (Å²) in [5.74, 6) is 5.63. The van der Waals surface area contributed by atoms with Crippen LogP contribution in [0.3, 0.4) is 0 Å². The lowest BCUT2D eigenvalue weighted by Crippen LogP contribution is -2.28. The van der Waals surface area contributed by atoms with Crippen LogP contribution in [0.1, 0.15) is 88.2 Å². The van der Waals surface area contributed by atoms with Gasteiger partial charge in [-0.2, -0.15) is 0 Å². The molecule has 0 heterocycles. The SMILES string of the molecule is Cc1ccc(C2C=CC(C3CCC(C4CCC(C)CC4)CC3)CC2)cc1. The molecule has 2 fully saturated rings. The number of benzene rings is 1. The third-order valence-electron chi connectivity index (χ3n) is 8.06. The number of allylic oxidation sites excluding steroid dienone is 2. The van der Waals surface area contributed by atoms with Gasteiger partial charge in [0.2, 0.25) is 0 Å². The van der Waals surface area contributed by atoms with Gasteiger partial charge in [-0.05, 0) is 93.4 Å². The van der Waals surface area contributed by atoms with E-state index in [4.69, 9.17) is 0 Å². The second-order valence-electron chi connectivity index (χ2n) is 9.84. The van der Waals surface area contributed by atoms with Crippen LogP contribution in [0.15, 0.2) is 36.4 Å². The van der Waals surface area contributed by atoms with Crippen LogP contribution in [0, 0.1) is 36.5 Å². The smallest absolute Gasteiger partial charge is 0.00182 e. The zero-order chi connectivity index (χ0) is 17.9. The highest BCUT2D eigenvalue weighted by Gasteiger charge is 2.33. The van der Waals surface area contributed by atoms with Crippen molar-refractivity contribution in [3.63, 3.8) is 0 Å². The van der Waals surface area contributed by atoms with E-state index in [1.165, 1.54) is 75.3 Å². The van der Waals surface area contributed by atoms with E-state index in [0.717, 1.165) is 29.6 Å². The Hall–Kier alpha value is -1.04. The van der Waals surface area contributed by atoms with E-state index in [0.29, 0.717) is 5.92 Å². The molecule has 2 unspecified atom stereocenters. The van der Waals surface area contributed by atoms with Crippen molar-refractivity contribution >= 4 is 0 Å². The molecule has 0 heteroatoms. The Morgan fingerprint density at radius 3 is 1.77 bits per heavy atom. The predicted octanol–water partition coefficient (Wildman–Crippen LogP) is 7.68. The Labute approximate surface area is 161 Å². The van der Waals surface area contributed by atoms with Crippen LogP contribution in [0.2, 0.25) is 0 Å². The maximum atomic E-state index is 2.60. The lowest BCUT2D eigenvalue weighted by molar-refractivity contribution is 0.133. The summed E-state index contributed by atoms with van der Waals surface area (Å²) in [5, 5.41) is 0. The Balaban J connectivity index is 1.27. The van der Waals surface area contributed by atoms with Crippen molar-refractivity contribution in [3.8, 4) is 0 Å². The molecule has 0 aliphatic heterocycles. The second kappa shape index (κ2) is 8.32. The molecule has 0 aromatic heterocycles. The number of hydrogen-bond donors (Lipinski definition) is 0. The molecule has 1 aromatic rings. The van der Waals surface area contributed by atoms with Crippen LogP contribution < -0.4 is 0 Å². The minimum Gasteiger partial charge on any atom is -0.0845 e. The van der Waals surface area contributed by atoms with Gasteiger partial charge in [0.05, 0.1) is 0 Å². The summed E-state index contributed by atoms with van der Waals surface area (Å²) in [4.78, 5) is 0. The van der Waals surface area contributed by atoms with Crippen molar-refractivity contribution in [2.45, 2.75) is 84.0 Å². The third kappa shape index (κ3) is 4.26. The van der Waals surface area contributed by atoms with E-state index in [1.807, 2.05) is 0 Å². The van der Waals surface area contributed by atoms with Crippen LogP contribution in [-0.2, 0) is 0 Å². The fraction of sp³-hybridized carbons (Fsp3) is 0.692. The van der Waals surface area contributed by atoms with Gasteiger partial charge in [-0.3, -0.25) is 0 Å². The maximum absolute atomic E-state index is 2.60. The molecular formula is C26H38. The van der Waals surface area contributed by atoms with Gasteiger partial charge in [0.1, 0.15) is 0 Å². The highest BCUT2D eigenvalue weighted by atomic mass is 14.4. The molecule has 3 aliphatic rings. The van der Waals surface area contributed by atoms with Gasteiger partial charge in [-0.25, -0.2) is 0 Å². The summed E-state index contributed by atoms with van der Waals surface area (Å²) in [7, 11) is 0. The minimum absolute atomic E-state index is 0.660. The third-order valence-corrected chi connectivity index (χ3v) is 8.06. The van der Waals surface area contributed by atoms with Crippen LogP contribution in [0.5, 0.6) is 0 Å². The molecule has 0 saturated heterocycles. The first-order chi connectivity index (χ1) is 12.7. The Bertz CT molecular complexity index is 579. The van der Waals surface area contributed by atoms with Crippen molar-refractivity contribution in [2.24, 2.45) is 29.6 Å². The minimum atomic E-state index is 0.660. The zero-order valence-electron chi connectivity index (χ0n) is 17.0. The molecule has 0 nitrogen and oxygen atoms in total. The Morgan fingerprint density at radius 2 is 1.19 bits per heavy atom. The van der Waals surface area contributed by atoms with Gasteiger partial charge in [0.15, 0.2) is 0 Å². The first-order valence-electron chi connectivity index (χ1n) is 11.4. The molecule has 1 aromatic carbocycles. The fourth-order valence-electron chi connectivity index (χ4n) is 6.13. The first kappa shape index (κ1) is 18.3. The quantitative estimate of drug-likeness (QED) is 0.490.